The Labute approximate surface area is 230 Å². The van der Waals surface area contributed by atoms with Gasteiger partial charge in [-0.05, 0) is 55.8 Å². The zero-order chi connectivity index (χ0) is 28.5. The molecular weight excluding hydrogens is 508 g/mol. The van der Waals surface area contributed by atoms with Crippen molar-refractivity contribution < 1.29 is 29.0 Å². The number of methoxy groups -OCH3 is 1. The fourth-order valence-corrected chi connectivity index (χ4v) is 4.64. The molecule has 1 aliphatic heterocycles. The van der Waals surface area contributed by atoms with Gasteiger partial charge < -0.3 is 14.6 Å². The number of halogens is 1. The number of likely N-dealkylation sites (tertiary alicyclic amines) is 1. The average Bonchev–Trinajstić information content (AvgIpc) is 3.23. The second kappa shape index (κ2) is 14.2. The number of ether oxygens (including phenoxy) is 2. The SMILES string of the molecule is CC.CCN(Cc1ccc(OCCN2C(=O)CCC2=O)c(OC)c1)C(c1ccc(Cl)cc1)C(C)(C)C(=O)O. The first-order valence-corrected chi connectivity index (χ1v) is 13.3. The van der Waals surface area contributed by atoms with Crippen molar-refractivity contribution in [1.82, 2.24) is 9.80 Å². The van der Waals surface area contributed by atoms with Gasteiger partial charge in [-0.2, -0.15) is 0 Å². The summed E-state index contributed by atoms with van der Waals surface area (Å²) in [5.41, 5.74) is 0.721. The third-order valence-electron chi connectivity index (χ3n) is 6.53. The first-order chi connectivity index (χ1) is 18.1. The molecule has 0 aliphatic carbocycles. The average molecular weight is 547 g/mol. The van der Waals surface area contributed by atoms with Gasteiger partial charge in [-0.3, -0.25) is 24.2 Å². The summed E-state index contributed by atoms with van der Waals surface area (Å²) in [6, 6.07) is 12.4. The van der Waals surface area contributed by atoms with Crippen molar-refractivity contribution in [3.8, 4) is 11.5 Å². The summed E-state index contributed by atoms with van der Waals surface area (Å²) in [5, 5.41) is 10.6. The van der Waals surface area contributed by atoms with Gasteiger partial charge in [-0.1, -0.05) is 50.6 Å². The summed E-state index contributed by atoms with van der Waals surface area (Å²) in [7, 11) is 1.54. The highest BCUT2D eigenvalue weighted by Crippen LogP contribution is 2.40. The highest BCUT2D eigenvalue weighted by molar-refractivity contribution is 6.30. The van der Waals surface area contributed by atoms with Crippen molar-refractivity contribution in [2.45, 2.75) is 60.0 Å². The van der Waals surface area contributed by atoms with E-state index in [-0.39, 0.29) is 37.8 Å². The maximum Gasteiger partial charge on any atom is 0.311 e. The van der Waals surface area contributed by atoms with Crippen LogP contribution < -0.4 is 9.47 Å². The van der Waals surface area contributed by atoms with Crippen LogP contribution in [-0.4, -0.2) is 59.5 Å². The van der Waals surface area contributed by atoms with E-state index in [9.17, 15) is 19.5 Å². The van der Waals surface area contributed by atoms with E-state index in [0.29, 0.717) is 29.6 Å². The number of carboxylic acids is 1. The maximum absolute atomic E-state index is 12.2. The predicted molar refractivity (Wildman–Crippen MR) is 147 cm³/mol. The van der Waals surface area contributed by atoms with Gasteiger partial charge in [0, 0.05) is 24.4 Å². The van der Waals surface area contributed by atoms with Crippen LogP contribution in [0.5, 0.6) is 11.5 Å². The first-order valence-electron chi connectivity index (χ1n) is 12.9. The normalized spacial score (nSPS) is 14.3. The molecule has 8 nitrogen and oxygen atoms in total. The molecule has 1 aliphatic rings. The van der Waals surface area contributed by atoms with Gasteiger partial charge in [0.05, 0.1) is 25.1 Å². The van der Waals surface area contributed by atoms with Crippen LogP contribution in [0, 0.1) is 5.41 Å². The Bertz CT molecular complexity index is 1090. The van der Waals surface area contributed by atoms with Crippen LogP contribution in [0.25, 0.3) is 0 Å². The largest absolute Gasteiger partial charge is 0.493 e. The predicted octanol–water partition coefficient (Wildman–Crippen LogP) is 5.58. The number of rotatable bonds is 12. The van der Waals surface area contributed by atoms with E-state index in [2.05, 4.69) is 4.90 Å². The van der Waals surface area contributed by atoms with Crippen molar-refractivity contribution in [3.63, 3.8) is 0 Å². The molecule has 208 valence electrons. The standard InChI is InChI=1S/C27H33ClN2O6.C2H6/c1-5-29(25(27(2,3)26(33)34)19-7-9-20(28)10-8-19)17-18-6-11-21(22(16-18)35-4)36-15-14-30-23(31)12-13-24(30)32;1-2/h6-11,16,25H,5,12-15,17H2,1-4H3,(H,33,34);1-2H3. The fraction of sp³-hybridized carbons (Fsp3) is 0.483. The van der Waals surface area contributed by atoms with Crippen LogP contribution in [0.4, 0.5) is 0 Å². The molecule has 0 radical (unpaired) electrons. The van der Waals surface area contributed by atoms with Gasteiger partial charge >= 0.3 is 5.97 Å². The highest BCUT2D eigenvalue weighted by atomic mass is 35.5. The summed E-state index contributed by atoms with van der Waals surface area (Å²) in [6.07, 6.45) is 0.501. The molecule has 38 heavy (non-hydrogen) atoms. The highest BCUT2D eigenvalue weighted by Gasteiger charge is 2.41. The second-order valence-electron chi connectivity index (χ2n) is 9.32. The Morgan fingerprint density at radius 1 is 1.08 bits per heavy atom. The Balaban J connectivity index is 0.00000247. The molecule has 1 atom stereocenters. The van der Waals surface area contributed by atoms with Crippen LogP contribution in [0.3, 0.4) is 0 Å². The lowest BCUT2D eigenvalue weighted by Gasteiger charge is -2.40. The molecule has 1 heterocycles. The van der Waals surface area contributed by atoms with Gasteiger partial charge in [0.1, 0.15) is 6.61 Å². The van der Waals surface area contributed by atoms with E-state index in [1.54, 1.807) is 39.2 Å². The van der Waals surface area contributed by atoms with E-state index in [0.717, 1.165) is 11.1 Å². The third kappa shape index (κ3) is 7.48. The number of hydrogen-bond donors (Lipinski definition) is 1. The molecule has 0 bridgehead atoms. The zero-order valence-corrected chi connectivity index (χ0v) is 23.9. The Kier molecular flexibility index (Phi) is 11.6. The number of carbonyl (C=O) groups excluding carboxylic acids is 2. The van der Waals surface area contributed by atoms with Gasteiger partial charge in [-0.15, -0.1) is 0 Å². The summed E-state index contributed by atoms with van der Waals surface area (Å²) >= 11 is 6.08. The Morgan fingerprint density at radius 2 is 1.68 bits per heavy atom. The monoisotopic (exact) mass is 546 g/mol. The Hall–Kier alpha value is -3.10. The Morgan fingerprint density at radius 3 is 2.21 bits per heavy atom. The minimum absolute atomic E-state index is 0.166. The number of imide groups is 1. The topological polar surface area (TPSA) is 96.4 Å². The molecule has 3 rings (SSSR count). The summed E-state index contributed by atoms with van der Waals surface area (Å²) in [6.45, 7) is 10.9. The summed E-state index contributed by atoms with van der Waals surface area (Å²) in [5.74, 6) is -0.223. The van der Waals surface area contributed by atoms with Gasteiger partial charge in [0.15, 0.2) is 11.5 Å². The third-order valence-corrected chi connectivity index (χ3v) is 6.78. The minimum atomic E-state index is -1.07. The molecule has 0 aromatic heterocycles. The first kappa shape index (κ1) is 31.1. The molecule has 2 aromatic carbocycles. The number of aliphatic carboxylic acids is 1. The lowest BCUT2D eigenvalue weighted by Crippen LogP contribution is -2.42. The van der Waals surface area contributed by atoms with E-state index in [1.165, 1.54) is 4.90 Å². The van der Waals surface area contributed by atoms with Gasteiger partial charge in [0.2, 0.25) is 11.8 Å². The van der Waals surface area contributed by atoms with Crippen LogP contribution >= 0.6 is 11.6 Å². The van der Waals surface area contributed by atoms with Crippen LogP contribution in [0.15, 0.2) is 42.5 Å². The molecule has 2 amide bonds. The molecule has 9 heteroatoms. The molecule has 1 N–H and O–H groups in total. The molecular formula is C29H39ClN2O6. The van der Waals surface area contributed by atoms with Crippen molar-refractivity contribution in [1.29, 1.82) is 0 Å². The van der Waals surface area contributed by atoms with E-state index in [4.69, 9.17) is 21.1 Å². The number of hydrogen-bond acceptors (Lipinski definition) is 6. The van der Waals surface area contributed by atoms with Crippen molar-refractivity contribution >= 4 is 29.4 Å². The number of amides is 2. The number of benzene rings is 2. The minimum Gasteiger partial charge on any atom is -0.493 e. The van der Waals surface area contributed by atoms with Gasteiger partial charge in [0.25, 0.3) is 0 Å². The van der Waals surface area contributed by atoms with Crippen molar-refractivity contribution in [2.75, 3.05) is 26.8 Å². The lowest BCUT2D eigenvalue weighted by atomic mass is 9.79. The molecule has 1 unspecified atom stereocenters. The maximum atomic E-state index is 12.2. The zero-order valence-electron chi connectivity index (χ0n) is 23.1. The van der Waals surface area contributed by atoms with Crippen LogP contribution in [0.2, 0.25) is 5.02 Å². The second-order valence-corrected chi connectivity index (χ2v) is 9.75. The molecule has 2 aromatic rings. The summed E-state index contributed by atoms with van der Waals surface area (Å²) < 4.78 is 11.3. The molecule has 1 fully saturated rings. The van der Waals surface area contributed by atoms with E-state index < -0.39 is 17.4 Å². The smallest absolute Gasteiger partial charge is 0.311 e. The number of carbonyl (C=O) groups is 3. The number of carboxylic acid groups (broad SMARTS) is 1. The quantitative estimate of drug-likeness (QED) is 0.347. The van der Waals surface area contributed by atoms with E-state index in [1.807, 2.05) is 45.0 Å². The molecule has 0 saturated carbocycles. The van der Waals surface area contributed by atoms with Crippen LogP contribution in [0.1, 0.15) is 64.6 Å². The molecule has 1 saturated heterocycles. The van der Waals surface area contributed by atoms with Crippen molar-refractivity contribution in [2.24, 2.45) is 5.41 Å². The lowest BCUT2D eigenvalue weighted by molar-refractivity contribution is -0.151. The van der Waals surface area contributed by atoms with Crippen LogP contribution in [-0.2, 0) is 20.9 Å². The fourth-order valence-electron chi connectivity index (χ4n) is 4.51. The number of nitrogens with zero attached hydrogens (tertiary/aromatic N) is 2. The molecule has 0 spiro atoms. The van der Waals surface area contributed by atoms with E-state index >= 15 is 0 Å². The summed E-state index contributed by atoms with van der Waals surface area (Å²) in [4.78, 5) is 39.1. The van der Waals surface area contributed by atoms with Gasteiger partial charge in [-0.25, -0.2) is 0 Å². The van der Waals surface area contributed by atoms with Crippen molar-refractivity contribution in [3.05, 3.63) is 58.6 Å².